The lowest BCUT2D eigenvalue weighted by molar-refractivity contribution is -0.137. The van der Waals surface area contributed by atoms with E-state index in [2.05, 4.69) is 16.3 Å². The van der Waals surface area contributed by atoms with E-state index in [0.29, 0.717) is 30.6 Å². The third-order valence-electron chi connectivity index (χ3n) is 6.08. The first-order chi connectivity index (χ1) is 15.6. The topological polar surface area (TPSA) is 75.6 Å². The highest BCUT2D eigenvalue weighted by Crippen LogP contribution is 2.32. The van der Waals surface area contributed by atoms with Crippen LogP contribution < -0.4 is 5.32 Å². The molecule has 5 nitrogen and oxygen atoms in total. The minimum absolute atomic E-state index is 0.0786. The van der Waals surface area contributed by atoms with E-state index >= 15 is 0 Å². The van der Waals surface area contributed by atoms with Gasteiger partial charge in [0.2, 0.25) is 0 Å². The van der Waals surface area contributed by atoms with Crippen LogP contribution in [0.15, 0.2) is 36.4 Å². The Kier molecular flexibility index (Phi) is 8.69. The maximum absolute atomic E-state index is 13.4. The Morgan fingerprint density at radius 3 is 2.52 bits per heavy atom. The predicted octanol–water partition coefficient (Wildman–Crippen LogP) is 3.04. The highest BCUT2D eigenvalue weighted by molar-refractivity contribution is 7.79. The second-order valence-corrected chi connectivity index (χ2v) is 10.1. The first kappa shape index (κ1) is 25.8. The van der Waals surface area contributed by atoms with E-state index in [9.17, 15) is 21.9 Å². The lowest BCUT2D eigenvalue weighted by Gasteiger charge is -2.28. The van der Waals surface area contributed by atoms with Crippen molar-refractivity contribution < 1.29 is 27.0 Å². The summed E-state index contributed by atoms with van der Waals surface area (Å²) in [4.78, 5) is 2.07. The molecule has 0 radical (unpaired) electrons. The summed E-state index contributed by atoms with van der Waals surface area (Å²) in [6, 6.07) is 10.4. The molecule has 0 heterocycles. The van der Waals surface area contributed by atoms with E-state index in [1.165, 1.54) is 11.6 Å². The zero-order valence-electron chi connectivity index (χ0n) is 18.8. The van der Waals surface area contributed by atoms with Crippen LogP contribution in [0, 0.1) is 0 Å². The number of likely N-dealkylation sites (N-methyl/N-ethyl adjacent to an activating group) is 1. The molecule has 3 unspecified atom stereocenters. The number of alkyl halides is 3. The molecule has 2 N–H and O–H groups in total. The lowest BCUT2D eigenvalue weighted by atomic mass is 9.97. The number of benzene rings is 2. The van der Waals surface area contributed by atoms with Gasteiger partial charge in [-0.05, 0) is 66.3 Å². The van der Waals surface area contributed by atoms with Crippen LogP contribution in [0.5, 0.6) is 0 Å². The van der Waals surface area contributed by atoms with Gasteiger partial charge in [0.05, 0.1) is 12.2 Å². The quantitative estimate of drug-likeness (QED) is 0.401. The molecule has 0 spiro atoms. The molecule has 0 amide bonds. The largest absolute Gasteiger partial charge is 0.772 e. The van der Waals surface area contributed by atoms with Gasteiger partial charge in [-0.15, -0.1) is 0 Å². The fraction of sp³-hybridized carbons (Fsp3) is 0.500. The van der Waals surface area contributed by atoms with Crippen molar-refractivity contribution in [3.8, 4) is 0 Å². The van der Waals surface area contributed by atoms with Crippen LogP contribution in [0.4, 0.5) is 13.2 Å². The van der Waals surface area contributed by atoms with E-state index < -0.39 is 28.1 Å². The summed E-state index contributed by atoms with van der Waals surface area (Å²) in [5, 5.41) is 11.4. The maximum atomic E-state index is 13.4. The first-order valence-electron chi connectivity index (χ1n) is 11.0. The number of aliphatic hydroxyl groups is 1. The normalized spacial score (nSPS) is 17.9. The van der Waals surface area contributed by atoms with E-state index in [4.69, 9.17) is 5.11 Å². The smallest absolute Gasteiger partial charge is 0.416 e. The van der Waals surface area contributed by atoms with Gasteiger partial charge in [-0.25, -0.2) is 0 Å². The number of hydrogen-bond acceptors (Lipinski definition) is 5. The van der Waals surface area contributed by atoms with Crippen LogP contribution in [0.3, 0.4) is 0 Å². The zero-order valence-corrected chi connectivity index (χ0v) is 19.6. The Morgan fingerprint density at radius 1 is 1.15 bits per heavy atom. The standard InChI is InChI=1S/C24H31F3N2O3S/c1-16(33(31)32)15-29(2)23-12-20-4-3-17(9-21(20)13-23)7-18-8-19(14-28-5-6-30)11-22(10-18)24(25,26)27/h3-4,8-11,16,23,28,30H,5-7,12-15H2,1-2H3,(H,31,32)/p-1. The fourth-order valence-corrected chi connectivity index (χ4v) is 4.72. The van der Waals surface area contributed by atoms with Crippen LogP contribution in [0.25, 0.3) is 0 Å². The summed E-state index contributed by atoms with van der Waals surface area (Å²) in [5.41, 5.74) is 3.75. The number of hydrogen-bond donors (Lipinski definition) is 2. The van der Waals surface area contributed by atoms with Gasteiger partial charge in [-0.3, -0.25) is 4.21 Å². The van der Waals surface area contributed by atoms with Gasteiger partial charge in [0.25, 0.3) is 0 Å². The summed E-state index contributed by atoms with van der Waals surface area (Å²) < 4.78 is 62.5. The van der Waals surface area contributed by atoms with Gasteiger partial charge >= 0.3 is 6.18 Å². The molecule has 2 aromatic rings. The number of nitrogens with one attached hydrogen (secondary N) is 1. The molecule has 1 aliphatic rings. The molecule has 182 valence electrons. The third-order valence-corrected chi connectivity index (χ3v) is 6.89. The van der Waals surface area contributed by atoms with E-state index in [-0.39, 0.29) is 19.2 Å². The predicted molar refractivity (Wildman–Crippen MR) is 122 cm³/mol. The van der Waals surface area contributed by atoms with Gasteiger partial charge in [-0.2, -0.15) is 13.2 Å². The average Bonchev–Trinajstić information content (AvgIpc) is 3.16. The highest BCUT2D eigenvalue weighted by Gasteiger charge is 2.31. The first-order valence-corrected chi connectivity index (χ1v) is 12.1. The SMILES string of the molecule is CC(CN(C)C1Cc2ccc(Cc3cc(CNCCO)cc(C(F)(F)F)c3)cc2C1)S(=O)[O-]. The second kappa shape index (κ2) is 11.1. The number of fused-ring (bicyclic) bond motifs is 1. The minimum Gasteiger partial charge on any atom is -0.772 e. The van der Waals surface area contributed by atoms with Crippen LogP contribution in [-0.4, -0.2) is 56.8 Å². The molecular weight excluding hydrogens is 453 g/mol. The molecule has 3 atom stereocenters. The van der Waals surface area contributed by atoms with Gasteiger partial charge in [0.1, 0.15) is 0 Å². The third kappa shape index (κ3) is 7.10. The van der Waals surface area contributed by atoms with Gasteiger partial charge in [0.15, 0.2) is 0 Å². The molecule has 2 aromatic carbocycles. The van der Waals surface area contributed by atoms with Crippen molar-refractivity contribution >= 4 is 11.1 Å². The summed E-state index contributed by atoms with van der Waals surface area (Å²) in [6.45, 7) is 2.63. The molecule has 0 saturated carbocycles. The summed E-state index contributed by atoms with van der Waals surface area (Å²) in [5.74, 6) is 0. The minimum atomic E-state index is -4.43. The van der Waals surface area contributed by atoms with Crippen LogP contribution in [0.2, 0.25) is 0 Å². The monoisotopic (exact) mass is 483 g/mol. The van der Waals surface area contributed by atoms with Crippen LogP contribution in [-0.2, 0) is 43.1 Å². The molecule has 9 heteroatoms. The van der Waals surface area contributed by atoms with Crippen molar-refractivity contribution in [3.05, 3.63) is 69.8 Å². The van der Waals surface area contributed by atoms with Crippen LogP contribution in [0.1, 0.15) is 40.3 Å². The van der Waals surface area contributed by atoms with Crippen molar-refractivity contribution in [2.24, 2.45) is 0 Å². The Labute approximate surface area is 195 Å². The van der Waals surface area contributed by atoms with Gasteiger partial charge in [-0.1, -0.05) is 42.3 Å². The molecular formula is C24H30F3N2O3S-. The fourth-order valence-electron chi connectivity index (χ4n) is 4.36. The molecule has 33 heavy (non-hydrogen) atoms. The Bertz CT molecular complexity index is 984. The van der Waals surface area contributed by atoms with Gasteiger partial charge in [0, 0.05) is 30.9 Å². The Balaban J connectivity index is 1.74. The van der Waals surface area contributed by atoms with Crippen molar-refractivity contribution in [1.82, 2.24) is 10.2 Å². The summed E-state index contributed by atoms with van der Waals surface area (Å²) >= 11 is -2.11. The van der Waals surface area contributed by atoms with Crippen molar-refractivity contribution in [2.45, 2.75) is 50.2 Å². The zero-order chi connectivity index (χ0) is 24.2. The molecule has 0 aromatic heterocycles. The maximum Gasteiger partial charge on any atom is 0.416 e. The second-order valence-electron chi connectivity index (χ2n) is 8.79. The molecule has 1 aliphatic carbocycles. The molecule has 0 bridgehead atoms. The van der Waals surface area contributed by atoms with Gasteiger partial charge < -0.3 is 19.9 Å². The van der Waals surface area contributed by atoms with E-state index in [1.54, 1.807) is 13.0 Å². The van der Waals surface area contributed by atoms with E-state index in [1.807, 2.05) is 19.2 Å². The summed E-state index contributed by atoms with van der Waals surface area (Å²) in [6.07, 6.45) is -2.43. The Hall–Kier alpha value is -1.78. The molecule has 0 aliphatic heterocycles. The number of nitrogens with zero attached hydrogens (tertiary/aromatic N) is 1. The Morgan fingerprint density at radius 2 is 1.85 bits per heavy atom. The molecule has 0 saturated heterocycles. The van der Waals surface area contributed by atoms with Crippen LogP contribution >= 0.6 is 0 Å². The van der Waals surface area contributed by atoms with Crippen molar-refractivity contribution in [3.63, 3.8) is 0 Å². The highest BCUT2D eigenvalue weighted by atomic mass is 32.2. The molecule has 3 rings (SSSR count). The number of aliphatic hydroxyl groups excluding tert-OH is 1. The van der Waals surface area contributed by atoms with Crippen molar-refractivity contribution in [2.75, 3.05) is 26.7 Å². The molecule has 0 fully saturated rings. The lowest BCUT2D eigenvalue weighted by Crippen LogP contribution is -2.38. The van der Waals surface area contributed by atoms with Crippen molar-refractivity contribution in [1.29, 1.82) is 0 Å². The number of halogens is 3. The number of rotatable bonds is 10. The summed E-state index contributed by atoms with van der Waals surface area (Å²) in [7, 11) is 1.93. The van der Waals surface area contributed by atoms with E-state index in [0.717, 1.165) is 30.0 Å². The average molecular weight is 484 g/mol.